The fourth-order valence-corrected chi connectivity index (χ4v) is 2.72. The number of carbonyl (C=O) groups is 1. The highest BCUT2D eigenvalue weighted by Crippen LogP contribution is 2.27. The molecule has 1 fully saturated rings. The minimum Gasteiger partial charge on any atom is -0.342 e. The van der Waals surface area contributed by atoms with E-state index in [2.05, 4.69) is 4.98 Å². The first-order valence-electron chi connectivity index (χ1n) is 7.11. The second kappa shape index (κ2) is 6.66. The topological polar surface area (TPSA) is 59.2 Å². The fraction of sp³-hybridized carbons (Fsp3) is 0.600. The standard InChI is InChI=1S/C15H23N3O/c1-18(9-7-12-4-2-3-5-12)15(19)13-6-8-17-14(10-13)11-16/h6,8,10,12H,2-5,7,9,11,16H2,1H3. The first kappa shape index (κ1) is 14.0. The predicted molar refractivity (Wildman–Crippen MR) is 75.7 cm³/mol. The van der Waals surface area contributed by atoms with Gasteiger partial charge in [0.25, 0.3) is 5.91 Å². The van der Waals surface area contributed by atoms with Gasteiger partial charge in [0, 0.05) is 31.9 Å². The predicted octanol–water partition coefficient (Wildman–Crippen LogP) is 2.19. The number of nitrogens with zero attached hydrogens (tertiary/aromatic N) is 2. The maximum atomic E-state index is 12.3. The Balaban J connectivity index is 1.90. The van der Waals surface area contributed by atoms with Crippen LogP contribution in [0.2, 0.25) is 0 Å². The molecule has 0 spiro atoms. The van der Waals surface area contributed by atoms with Crippen LogP contribution in [0.15, 0.2) is 18.3 Å². The largest absolute Gasteiger partial charge is 0.342 e. The number of nitrogens with two attached hydrogens (primary N) is 1. The van der Waals surface area contributed by atoms with E-state index >= 15 is 0 Å². The molecular formula is C15H23N3O. The molecule has 0 bridgehead atoms. The number of amides is 1. The van der Waals surface area contributed by atoms with Gasteiger partial charge in [-0.25, -0.2) is 0 Å². The van der Waals surface area contributed by atoms with E-state index in [1.165, 1.54) is 25.7 Å². The molecule has 1 heterocycles. The fourth-order valence-electron chi connectivity index (χ4n) is 2.72. The average Bonchev–Trinajstić information content (AvgIpc) is 2.97. The Hall–Kier alpha value is -1.42. The maximum Gasteiger partial charge on any atom is 0.253 e. The van der Waals surface area contributed by atoms with Crippen LogP contribution in [0, 0.1) is 5.92 Å². The van der Waals surface area contributed by atoms with Crippen LogP contribution in [0.3, 0.4) is 0 Å². The molecule has 2 N–H and O–H groups in total. The Morgan fingerprint density at radius 1 is 1.47 bits per heavy atom. The van der Waals surface area contributed by atoms with Crippen LogP contribution in [0.5, 0.6) is 0 Å². The molecule has 2 rings (SSSR count). The third-order valence-corrected chi connectivity index (χ3v) is 3.97. The molecule has 4 nitrogen and oxygen atoms in total. The van der Waals surface area contributed by atoms with Crippen molar-refractivity contribution in [3.63, 3.8) is 0 Å². The molecule has 4 heteroatoms. The molecule has 1 aliphatic carbocycles. The van der Waals surface area contributed by atoms with Crippen molar-refractivity contribution in [3.8, 4) is 0 Å². The molecule has 1 aromatic rings. The quantitative estimate of drug-likeness (QED) is 0.884. The summed E-state index contributed by atoms with van der Waals surface area (Å²) in [6, 6.07) is 3.54. The normalized spacial score (nSPS) is 15.7. The molecule has 19 heavy (non-hydrogen) atoms. The van der Waals surface area contributed by atoms with Gasteiger partial charge >= 0.3 is 0 Å². The van der Waals surface area contributed by atoms with Crippen molar-refractivity contribution in [2.45, 2.75) is 38.6 Å². The van der Waals surface area contributed by atoms with Gasteiger partial charge in [0.1, 0.15) is 0 Å². The van der Waals surface area contributed by atoms with Gasteiger partial charge in [-0.2, -0.15) is 0 Å². The lowest BCUT2D eigenvalue weighted by atomic mass is 10.0. The van der Waals surface area contributed by atoms with Crippen LogP contribution in [0.4, 0.5) is 0 Å². The molecule has 0 atom stereocenters. The summed E-state index contributed by atoms with van der Waals surface area (Å²) in [6.45, 7) is 1.21. The van der Waals surface area contributed by atoms with Crippen LogP contribution in [0.1, 0.15) is 48.2 Å². The summed E-state index contributed by atoms with van der Waals surface area (Å²) in [4.78, 5) is 18.2. The molecule has 1 saturated carbocycles. The van der Waals surface area contributed by atoms with Gasteiger partial charge in [-0.3, -0.25) is 9.78 Å². The molecule has 104 valence electrons. The molecule has 0 aromatic carbocycles. The number of hydrogen-bond acceptors (Lipinski definition) is 3. The summed E-state index contributed by atoms with van der Waals surface area (Å²) in [6.07, 6.45) is 8.14. The SMILES string of the molecule is CN(CCC1CCCC1)C(=O)c1ccnc(CN)c1. The van der Waals surface area contributed by atoms with E-state index in [0.717, 1.165) is 24.6 Å². The van der Waals surface area contributed by atoms with Crippen LogP contribution in [-0.4, -0.2) is 29.4 Å². The van der Waals surface area contributed by atoms with Crippen molar-refractivity contribution >= 4 is 5.91 Å². The van der Waals surface area contributed by atoms with Crippen LogP contribution < -0.4 is 5.73 Å². The summed E-state index contributed by atoms with van der Waals surface area (Å²) in [7, 11) is 1.87. The van der Waals surface area contributed by atoms with E-state index in [1.807, 2.05) is 11.9 Å². The van der Waals surface area contributed by atoms with E-state index in [9.17, 15) is 4.79 Å². The number of hydrogen-bond donors (Lipinski definition) is 1. The summed E-state index contributed by atoms with van der Waals surface area (Å²) in [5, 5.41) is 0. The smallest absolute Gasteiger partial charge is 0.253 e. The van der Waals surface area contributed by atoms with Gasteiger partial charge in [-0.05, 0) is 24.5 Å². The molecule has 0 radical (unpaired) electrons. The van der Waals surface area contributed by atoms with Crippen LogP contribution in [0.25, 0.3) is 0 Å². The minimum atomic E-state index is 0.0649. The first-order valence-corrected chi connectivity index (χ1v) is 7.11. The van der Waals surface area contributed by atoms with E-state index in [1.54, 1.807) is 18.3 Å². The summed E-state index contributed by atoms with van der Waals surface area (Å²) < 4.78 is 0. The van der Waals surface area contributed by atoms with Gasteiger partial charge in [0.2, 0.25) is 0 Å². The molecule has 0 unspecified atom stereocenters. The summed E-state index contributed by atoms with van der Waals surface area (Å²) >= 11 is 0. The Morgan fingerprint density at radius 2 is 2.21 bits per heavy atom. The average molecular weight is 261 g/mol. The molecule has 0 aliphatic heterocycles. The minimum absolute atomic E-state index is 0.0649. The second-order valence-corrected chi connectivity index (χ2v) is 5.41. The third-order valence-electron chi connectivity index (χ3n) is 3.97. The molecule has 1 aromatic heterocycles. The van der Waals surface area contributed by atoms with Gasteiger partial charge in [0.15, 0.2) is 0 Å². The van der Waals surface area contributed by atoms with Gasteiger partial charge < -0.3 is 10.6 Å². The molecule has 1 amide bonds. The highest BCUT2D eigenvalue weighted by atomic mass is 16.2. The van der Waals surface area contributed by atoms with E-state index in [0.29, 0.717) is 12.1 Å². The van der Waals surface area contributed by atoms with Crippen molar-refractivity contribution in [2.24, 2.45) is 11.7 Å². The Kier molecular flexibility index (Phi) is 4.91. The lowest BCUT2D eigenvalue weighted by Gasteiger charge is -2.19. The van der Waals surface area contributed by atoms with E-state index in [4.69, 9.17) is 5.73 Å². The van der Waals surface area contributed by atoms with E-state index in [-0.39, 0.29) is 5.91 Å². The monoisotopic (exact) mass is 261 g/mol. The number of pyridine rings is 1. The summed E-state index contributed by atoms with van der Waals surface area (Å²) in [5.41, 5.74) is 6.99. The van der Waals surface area contributed by atoms with Crippen molar-refractivity contribution in [1.82, 2.24) is 9.88 Å². The molecule has 1 aliphatic rings. The zero-order chi connectivity index (χ0) is 13.7. The Morgan fingerprint density at radius 3 is 2.89 bits per heavy atom. The van der Waals surface area contributed by atoms with Gasteiger partial charge in [0.05, 0.1) is 5.69 Å². The highest BCUT2D eigenvalue weighted by molar-refractivity contribution is 5.94. The molecule has 0 saturated heterocycles. The van der Waals surface area contributed by atoms with Crippen molar-refractivity contribution in [3.05, 3.63) is 29.6 Å². The van der Waals surface area contributed by atoms with Crippen LogP contribution >= 0.6 is 0 Å². The zero-order valence-electron chi connectivity index (χ0n) is 11.6. The first-order chi connectivity index (χ1) is 9.20. The zero-order valence-corrected chi connectivity index (χ0v) is 11.6. The van der Waals surface area contributed by atoms with Crippen molar-refractivity contribution in [1.29, 1.82) is 0 Å². The Bertz CT molecular complexity index is 427. The van der Waals surface area contributed by atoms with E-state index < -0.39 is 0 Å². The highest BCUT2D eigenvalue weighted by Gasteiger charge is 2.17. The number of carbonyl (C=O) groups excluding carboxylic acids is 1. The lowest BCUT2D eigenvalue weighted by Crippen LogP contribution is -2.29. The number of rotatable bonds is 5. The lowest BCUT2D eigenvalue weighted by molar-refractivity contribution is 0.0787. The van der Waals surface area contributed by atoms with Crippen molar-refractivity contribution in [2.75, 3.05) is 13.6 Å². The van der Waals surface area contributed by atoms with Crippen molar-refractivity contribution < 1.29 is 4.79 Å². The Labute approximate surface area is 115 Å². The second-order valence-electron chi connectivity index (χ2n) is 5.41. The van der Waals surface area contributed by atoms with Crippen LogP contribution in [-0.2, 0) is 6.54 Å². The summed E-state index contributed by atoms with van der Waals surface area (Å²) in [5.74, 6) is 0.877. The maximum absolute atomic E-state index is 12.3. The van der Waals surface area contributed by atoms with Gasteiger partial charge in [-0.15, -0.1) is 0 Å². The molecular weight excluding hydrogens is 238 g/mol. The number of aromatic nitrogens is 1. The third kappa shape index (κ3) is 3.77. The van der Waals surface area contributed by atoms with Gasteiger partial charge in [-0.1, -0.05) is 25.7 Å².